The van der Waals surface area contributed by atoms with Gasteiger partial charge in [-0.25, -0.2) is 0 Å². The number of hydrogen-bond acceptors (Lipinski definition) is 4. The first-order valence-corrected chi connectivity index (χ1v) is 7.01. The molecule has 0 spiro atoms. The minimum Gasteiger partial charge on any atom is -0.465 e. The fourth-order valence-electron chi connectivity index (χ4n) is 1.48. The Bertz CT molecular complexity index is 305. The summed E-state index contributed by atoms with van der Waals surface area (Å²) in [5, 5.41) is 0. The summed E-state index contributed by atoms with van der Waals surface area (Å²) in [5.74, 6) is -0.558. The van der Waals surface area contributed by atoms with Crippen LogP contribution in [0.4, 0.5) is 0 Å². The molecule has 0 aliphatic heterocycles. The molecule has 1 unspecified atom stereocenters. The van der Waals surface area contributed by atoms with Gasteiger partial charge in [-0.3, -0.25) is 9.59 Å². The zero-order chi connectivity index (χ0) is 15.2. The molecule has 0 bridgehead atoms. The SMILES string of the molecule is CCC(OC(=O)C(C)(C)C(=O)OCC(C)C)C(C)C. The Labute approximate surface area is 116 Å². The van der Waals surface area contributed by atoms with Crippen molar-refractivity contribution < 1.29 is 19.1 Å². The van der Waals surface area contributed by atoms with Crippen molar-refractivity contribution in [1.82, 2.24) is 0 Å². The zero-order valence-corrected chi connectivity index (χ0v) is 13.3. The summed E-state index contributed by atoms with van der Waals surface area (Å²) in [6, 6.07) is 0. The summed E-state index contributed by atoms with van der Waals surface area (Å²) >= 11 is 0. The van der Waals surface area contributed by atoms with E-state index in [0.717, 1.165) is 6.42 Å². The number of carbonyl (C=O) groups is 2. The summed E-state index contributed by atoms with van der Waals surface area (Å²) in [5.41, 5.74) is -1.25. The van der Waals surface area contributed by atoms with Crippen LogP contribution >= 0.6 is 0 Å². The molecule has 0 saturated carbocycles. The van der Waals surface area contributed by atoms with Crippen molar-refractivity contribution in [3.05, 3.63) is 0 Å². The van der Waals surface area contributed by atoms with E-state index in [2.05, 4.69) is 0 Å². The van der Waals surface area contributed by atoms with Crippen LogP contribution in [0.3, 0.4) is 0 Å². The molecule has 0 aromatic heterocycles. The highest BCUT2D eigenvalue weighted by atomic mass is 16.6. The summed E-state index contributed by atoms with van der Waals surface area (Å²) in [7, 11) is 0. The van der Waals surface area contributed by atoms with Gasteiger partial charge < -0.3 is 9.47 Å². The van der Waals surface area contributed by atoms with Crippen LogP contribution in [0.1, 0.15) is 54.9 Å². The van der Waals surface area contributed by atoms with Gasteiger partial charge in [0.2, 0.25) is 0 Å². The minimum atomic E-state index is -1.25. The normalized spacial score (nSPS) is 13.5. The van der Waals surface area contributed by atoms with E-state index in [4.69, 9.17) is 9.47 Å². The average Bonchev–Trinajstić information content (AvgIpc) is 2.31. The lowest BCUT2D eigenvalue weighted by Crippen LogP contribution is -2.39. The lowest BCUT2D eigenvalue weighted by atomic mass is 9.93. The topological polar surface area (TPSA) is 52.6 Å². The lowest BCUT2D eigenvalue weighted by molar-refractivity contribution is -0.175. The molecule has 4 nitrogen and oxygen atoms in total. The quantitative estimate of drug-likeness (QED) is 0.527. The smallest absolute Gasteiger partial charge is 0.323 e. The van der Waals surface area contributed by atoms with Gasteiger partial charge in [0.25, 0.3) is 0 Å². The van der Waals surface area contributed by atoms with Crippen molar-refractivity contribution in [3.63, 3.8) is 0 Å². The zero-order valence-electron chi connectivity index (χ0n) is 13.3. The molecule has 0 heterocycles. The van der Waals surface area contributed by atoms with E-state index in [0.29, 0.717) is 6.61 Å². The van der Waals surface area contributed by atoms with E-state index in [1.54, 1.807) is 13.8 Å². The van der Waals surface area contributed by atoms with E-state index in [1.807, 2.05) is 34.6 Å². The molecule has 0 aliphatic carbocycles. The summed E-state index contributed by atoms with van der Waals surface area (Å²) in [6.45, 7) is 13.3. The number of esters is 2. The summed E-state index contributed by atoms with van der Waals surface area (Å²) < 4.78 is 10.5. The molecule has 0 fully saturated rings. The molecule has 19 heavy (non-hydrogen) atoms. The predicted octanol–water partition coefficient (Wildman–Crippen LogP) is 3.19. The van der Waals surface area contributed by atoms with Gasteiger partial charge in [-0.05, 0) is 32.1 Å². The molecule has 0 radical (unpaired) electrons. The molecule has 0 aromatic carbocycles. The number of carbonyl (C=O) groups excluding carboxylic acids is 2. The third kappa shape index (κ3) is 5.62. The van der Waals surface area contributed by atoms with Crippen LogP contribution in [0.15, 0.2) is 0 Å². The molecule has 0 aromatic rings. The van der Waals surface area contributed by atoms with Crippen molar-refractivity contribution in [1.29, 1.82) is 0 Å². The molecule has 0 rings (SSSR count). The first-order chi connectivity index (χ1) is 8.62. The van der Waals surface area contributed by atoms with Crippen LogP contribution in [0.2, 0.25) is 0 Å². The monoisotopic (exact) mass is 272 g/mol. The Balaban J connectivity index is 4.62. The first kappa shape index (κ1) is 17.9. The molecule has 1 atom stereocenters. The van der Waals surface area contributed by atoms with Gasteiger partial charge >= 0.3 is 11.9 Å². The molecule has 4 heteroatoms. The third-order valence-electron chi connectivity index (χ3n) is 2.97. The highest BCUT2D eigenvalue weighted by Gasteiger charge is 2.40. The second kappa shape index (κ2) is 7.51. The van der Waals surface area contributed by atoms with Gasteiger partial charge in [-0.2, -0.15) is 0 Å². The second-order valence-electron chi connectivity index (χ2n) is 6.21. The maximum absolute atomic E-state index is 12.1. The number of hydrogen-bond donors (Lipinski definition) is 0. The van der Waals surface area contributed by atoms with Gasteiger partial charge in [0, 0.05) is 0 Å². The lowest BCUT2D eigenvalue weighted by Gasteiger charge is -2.26. The van der Waals surface area contributed by atoms with E-state index >= 15 is 0 Å². The van der Waals surface area contributed by atoms with Crippen LogP contribution in [-0.4, -0.2) is 24.6 Å². The van der Waals surface area contributed by atoms with E-state index in [1.165, 1.54) is 0 Å². The van der Waals surface area contributed by atoms with Crippen LogP contribution in [-0.2, 0) is 19.1 Å². The third-order valence-corrected chi connectivity index (χ3v) is 2.97. The Kier molecular flexibility index (Phi) is 7.09. The van der Waals surface area contributed by atoms with Gasteiger partial charge in [0.1, 0.15) is 6.10 Å². The van der Waals surface area contributed by atoms with E-state index in [-0.39, 0.29) is 17.9 Å². The minimum absolute atomic E-state index is 0.162. The largest absolute Gasteiger partial charge is 0.465 e. The van der Waals surface area contributed by atoms with Gasteiger partial charge in [0.15, 0.2) is 5.41 Å². The molecular formula is C15H28O4. The highest BCUT2D eigenvalue weighted by Crippen LogP contribution is 2.23. The number of ether oxygens (including phenoxy) is 2. The second-order valence-corrected chi connectivity index (χ2v) is 6.21. The highest BCUT2D eigenvalue weighted by molar-refractivity contribution is 5.99. The van der Waals surface area contributed by atoms with Crippen molar-refractivity contribution in [2.75, 3.05) is 6.61 Å². The van der Waals surface area contributed by atoms with Gasteiger partial charge in [0.05, 0.1) is 6.61 Å². The van der Waals surface area contributed by atoms with Crippen LogP contribution in [0, 0.1) is 17.3 Å². The Morgan fingerprint density at radius 3 is 1.95 bits per heavy atom. The molecule has 0 saturated heterocycles. The molecule has 0 N–H and O–H groups in total. The summed E-state index contributed by atoms with van der Waals surface area (Å²) in [6.07, 6.45) is 0.574. The molecule has 0 amide bonds. The Morgan fingerprint density at radius 1 is 1.05 bits per heavy atom. The maximum Gasteiger partial charge on any atom is 0.323 e. The predicted molar refractivity (Wildman–Crippen MR) is 74.6 cm³/mol. The maximum atomic E-state index is 12.1. The van der Waals surface area contributed by atoms with E-state index < -0.39 is 17.4 Å². The van der Waals surface area contributed by atoms with Crippen molar-refractivity contribution in [3.8, 4) is 0 Å². The number of rotatable bonds is 7. The van der Waals surface area contributed by atoms with Crippen LogP contribution in [0.5, 0.6) is 0 Å². The molecule has 0 aliphatic rings. The molecule has 112 valence electrons. The van der Waals surface area contributed by atoms with Gasteiger partial charge in [-0.1, -0.05) is 34.6 Å². The first-order valence-electron chi connectivity index (χ1n) is 7.01. The van der Waals surface area contributed by atoms with Gasteiger partial charge in [-0.15, -0.1) is 0 Å². The summed E-state index contributed by atoms with van der Waals surface area (Å²) in [4.78, 5) is 24.0. The fraction of sp³-hybridized carbons (Fsp3) is 0.867. The average molecular weight is 272 g/mol. The standard InChI is InChI=1S/C15H28O4/c1-8-12(11(4)5)19-14(17)15(6,7)13(16)18-9-10(2)3/h10-12H,8-9H2,1-7H3. The Morgan fingerprint density at radius 2 is 1.58 bits per heavy atom. The Hall–Kier alpha value is -1.06. The fourth-order valence-corrected chi connectivity index (χ4v) is 1.48. The molecular weight excluding hydrogens is 244 g/mol. The van der Waals surface area contributed by atoms with E-state index in [9.17, 15) is 9.59 Å². The van der Waals surface area contributed by atoms with Crippen molar-refractivity contribution in [2.24, 2.45) is 17.3 Å². The van der Waals surface area contributed by atoms with Crippen molar-refractivity contribution in [2.45, 2.75) is 61.0 Å². The van der Waals surface area contributed by atoms with Crippen LogP contribution in [0.25, 0.3) is 0 Å². The van der Waals surface area contributed by atoms with Crippen LogP contribution < -0.4 is 0 Å². The van der Waals surface area contributed by atoms with Crippen molar-refractivity contribution >= 4 is 11.9 Å².